The van der Waals surface area contributed by atoms with Gasteiger partial charge in [-0.15, -0.1) is 0 Å². The number of hydrogen-bond acceptors (Lipinski definition) is 5. The largest absolute Gasteiger partial charge is 0.271 e. The maximum absolute atomic E-state index is 13.5. The van der Waals surface area contributed by atoms with Crippen LogP contribution in [-0.2, 0) is 14.8 Å². The van der Waals surface area contributed by atoms with Gasteiger partial charge in [-0.1, -0.05) is 61.2 Å². The van der Waals surface area contributed by atoms with Crippen LogP contribution in [0.4, 0.5) is 11.4 Å². The Morgan fingerprint density at radius 2 is 1.66 bits per heavy atom. The van der Waals surface area contributed by atoms with E-state index in [1.165, 1.54) is 24.3 Å². The molecule has 0 atom stereocenters. The average Bonchev–Trinajstić information content (AvgIpc) is 2.79. The minimum Gasteiger partial charge on any atom is -0.268 e. The highest BCUT2D eigenvalue weighted by Gasteiger charge is 2.32. The van der Waals surface area contributed by atoms with Gasteiger partial charge in [0.1, 0.15) is 0 Å². The number of anilines is 1. The summed E-state index contributed by atoms with van der Waals surface area (Å²) in [6.45, 7) is 9.24. The molecule has 0 aliphatic heterocycles. The lowest BCUT2D eigenvalue weighted by Crippen LogP contribution is -2.36. The molecule has 3 aromatic rings. The molecule has 7 nitrogen and oxygen atoms in total. The number of benzene rings is 3. The number of aryl methyl sites for hydroxylation is 1. The summed E-state index contributed by atoms with van der Waals surface area (Å²) in [6, 6.07) is 18.4. The van der Waals surface area contributed by atoms with Crippen molar-refractivity contribution in [3.8, 4) is 0 Å². The van der Waals surface area contributed by atoms with Gasteiger partial charge in [0, 0.05) is 17.7 Å². The van der Waals surface area contributed by atoms with Crippen LogP contribution < -0.4 is 4.31 Å². The van der Waals surface area contributed by atoms with Crippen molar-refractivity contribution in [1.29, 1.82) is 0 Å². The molecular weight excluding hydrogens is 428 g/mol. The molecule has 3 aromatic carbocycles. The monoisotopic (exact) mass is 448 g/mol. The maximum atomic E-state index is 13.5. The lowest BCUT2D eigenvalue weighted by molar-refractivity contribution is -0.384. The first-order valence-electron chi connectivity index (χ1n) is 9.48. The van der Waals surface area contributed by atoms with Crippen molar-refractivity contribution in [3.63, 3.8) is 0 Å². The van der Waals surface area contributed by atoms with Crippen LogP contribution in [0.2, 0.25) is 0 Å². The number of nitrogens with zero attached hydrogens (tertiary/aromatic N) is 2. The van der Waals surface area contributed by atoms with Crippen LogP contribution in [0.3, 0.4) is 0 Å². The zero-order valence-electron chi connectivity index (χ0n) is 17.3. The molecule has 0 bridgehead atoms. The van der Waals surface area contributed by atoms with Gasteiger partial charge in [0.2, 0.25) is 0 Å². The smallest absolute Gasteiger partial charge is 0.268 e. The van der Waals surface area contributed by atoms with Crippen LogP contribution in [0.25, 0.3) is 5.57 Å². The standard InChI is InChI=1S/C24H20N2O5S/c1-4-24(27)25(32(30,31)21-13-10-17(2)11-14-21)23-15-12-20(26(28)29)16-22(23)18(3)19-8-6-5-7-9-19/h4-16H,1,3H2,2H3. The van der Waals surface area contributed by atoms with Crippen LogP contribution in [-0.4, -0.2) is 19.2 Å². The minimum atomic E-state index is -4.35. The number of nitro groups is 1. The summed E-state index contributed by atoms with van der Waals surface area (Å²) in [5.74, 6) is -0.901. The maximum Gasteiger partial charge on any atom is 0.271 e. The van der Waals surface area contributed by atoms with Gasteiger partial charge in [0.25, 0.3) is 21.6 Å². The number of hydrogen-bond donors (Lipinski definition) is 0. The van der Waals surface area contributed by atoms with Gasteiger partial charge in [0.15, 0.2) is 0 Å². The second-order valence-corrected chi connectivity index (χ2v) is 8.71. The molecule has 162 valence electrons. The predicted octanol–water partition coefficient (Wildman–Crippen LogP) is 4.87. The number of carbonyl (C=O) groups is 1. The van der Waals surface area contributed by atoms with Crippen LogP contribution in [0.5, 0.6) is 0 Å². The fraction of sp³-hybridized carbons (Fsp3) is 0.0417. The zero-order chi connectivity index (χ0) is 23.5. The Hall–Kier alpha value is -4.04. The number of amides is 1. The molecule has 0 spiro atoms. The van der Waals surface area contributed by atoms with Crippen molar-refractivity contribution in [2.24, 2.45) is 0 Å². The molecule has 0 aliphatic rings. The summed E-state index contributed by atoms with van der Waals surface area (Å²) < 4.78 is 27.5. The molecule has 0 radical (unpaired) electrons. The number of non-ortho nitro benzene ring substituents is 1. The topological polar surface area (TPSA) is 97.6 Å². The van der Waals surface area contributed by atoms with Crippen molar-refractivity contribution in [2.45, 2.75) is 11.8 Å². The first-order chi connectivity index (χ1) is 15.2. The molecule has 0 N–H and O–H groups in total. The van der Waals surface area contributed by atoms with Gasteiger partial charge in [-0.3, -0.25) is 14.9 Å². The summed E-state index contributed by atoms with van der Waals surface area (Å²) >= 11 is 0. The van der Waals surface area contributed by atoms with Crippen LogP contribution in [0.1, 0.15) is 16.7 Å². The second kappa shape index (κ2) is 8.99. The molecule has 0 unspecified atom stereocenters. The fourth-order valence-electron chi connectivity index (χ4n) is 3.12. The number of carbonyl (C=O) groups excluding carboxylic acids is 1. The summed E-state index contributed by atoms with van der Waals surface area (Å²) in [4.78, 5) is 23.5. The van der Waals surface area contributed by atoms with Gasteiger partial charge in [-0.2, -0.15) is 4.31 Å². The van der Waals surface area contributed by atoms with E-state index in [9.17, 15) is 23.3 Å². The molecule has 32 heavy (non-hydrogen) atoms. The quantitative estimate of drug-likeness (QED) is 0.292. The van der Waals surface area contributed by atoms with E-state index in [1.54, 1.807) is 49.4 Å². The molecule has 0 saturated carbocycles. The van der Waals surface area contributed by atoms with Gasteiger partial charge in [0.05, 0.1) is 15.5 Å². The number of nitro benzene ring substituents is 1. The highest BCUT2D eigenvalue weighted by Crippen LogP contribution is 2.36. The van der Waals surface area contributed by atoms with E-state index in [4.69, 9.17) is 0 Å². The molecule has 0 heterocycles. The Bertz CT molecular complexity index is 1310. The molecule has 1 amide bonds. The second-order valence-electron chi connectivity index (χ2n) is 6.93. The Balaban J connectivity index is 2.28. The summed E-state index contributed by atoms with van der Waals surface area (Å²) in [5, 5.41) is 11.4. The van der Waals surface area contributed by atoms with Crippen molar-refractivity contribution in [3.05, 3.63) is 119 Å². The third kappa shape index (κ3) is 4.35. The lowest BCUT2D eigenvalue weighted by Gasteiger charge is -2.24. The van der Waals surface area contributed by atoms with Crippen molar-refractivity contribution in [1.82, 2.24) is 0 Å². The molecular formula is C24H20N2O5S. The molecule has 8 heteroatoms. The van der Waals surface area contributed by atoms with E-state index in [-0.39, 0.29) is 21.8 Å². The minimum absolute atomic E-state index is 0.0603. The summed E-state index contributed by atoms with van der Waals surface area (Å²) in [6.07, 6.45) is 0.877. The zero-order valence-corrected chi connectivity index (χ0v) is 18.1. The molecule has 0 aromatic heterocycles. The Labute approximate surface area is 186 Å². The lowest BCUT2D eigenvalue weighted by atomic mass is 9.97. The third-order valence-electron chi connectivity index (χ3n) is 4.79. The number of rotatable bonds is 7. The first-order valence-corrected chi connectivity index (χ1v) is 10.9. The van der Waals surface area contributed by atoms with Crippen LogP contribution in [0, 0.1) is 17.0 Å². The molecule has 0 saturated heterocycles. The summed E-state index contributed by atoms with van der Waals surface area (Å²) in [7, 11) is -4.35. The van der Waals surface area contributed by atoms with Gasteiger partial charge < -0.3 is 0 Å². The third-order valence-corrected chi connectivity index (χ3v) is 6.52. The van der Waals surface area contributed by atoms with Crippen LogP contribution in [0.15, 0.2) is 96.9 Å². The summed E-state index contributed by atoms with van der Waals surface area (Å²) in [5.41, 5.74) is 1.60. The number of sulfonamides is 1. The van der Waals surface area contributed by atoms with E-state index in [0.717, 1.165) is 17.7 Å². The van der Waals surface area contributed by atoms with Crippen LogP contribution >= 0.6 is 0 Å². The Kier molecular flexibility index (Phi) is 6.36. The van der Waals surface area contributed by atoms with Gasteiger partial charge >= 0.3 is 0 Å². The van der Waals surface area contributed by atoms with Crippen molar-refractivity contribution < 1.29 is 18.1 Å². The predicted molar refractivity (Wildman–Crippen MR) is 124 cm³/mol. The van der Waals surface area contributed by atoms with Crippen molar-refractivity contribution in [2.75, 3.05) is 4.31 Å². The molecule has 3 rings (SSSR count). The Morgan fingerprint density at radius 3 is 2.22 bits per heavy atom. The van der Waals surface area contributed by atoms with E-state index >= 15 is 0 Å². The Morgan fingerprint density at radius 1 is 1.03 bits per heavy atom. The normalized spacial score (nSPS) is 10.9. The highest BCUT2D eigenvalue weighted by atomic mass is 32.2. The van der Waals surface area contributed by atoms with Crippen molar-refractivity contribution >= 4 is 32.9 Å². The van der Waals surface area contributed by atoms with E-state index in [2.05, 4.69) is 13.2 Å². The molecule has 0 aliphatic carbocycles. The first kappa shape index (κ1) is 22.6. The van der Waals surface area contributed by atoms with Gasteiger partial charge in [-0.05, 0) is 42.3 Å². The SMILES string of the molecule is C=CC(=O)N(c1ccc([N+](=O)[O-])cc1C(=C)c1ccccc1)S(=O)(=O)c1ccc(C)cc1. The van der Waals surface area contributed by atoms with E-state index in [0.29, 0.717) is 15.4 Å². The van der Waals surface area contributed by atoms with Gasteiger partial charge in [-0.25, -0.2) is 8.42 Å². The fourth-order valence-corrected chi connectivity index (χ4v) is 4.54. The average molecular weight is 449 g/mol. The van der Waals surface area contributed by atoms with E-state index in [1.807, 2.05) is 0 Å². The van der Waals surface area contributed by atoms with E-state index < -0.39 is 20.9 Å². The molecule has 0 fully saturated rings. The highest BCUT2D eigenvalue weighted by molar-refractivity contribution is 7.93.